The minimum atomic E-state index is 0.921. The number of hydrogen-bond donors (Lipinski definition) is 0. The van der Waals surface area contributed by atoms with Gasteiger partial charge in [0.1, 0.15) is 0 Å². The Morgan fingerprint density at radius 1 is 1.15 bits per heavy atom. The van der Waals surface area contributed by atoms with Crippen LogP contribution in [-0.4, -0.2) is 0 Å². The highest BCUT2D eigenvalue weighted by Crippen LogP contribution is 2.09. The standard InChI is InChI=1S/C20H24/c1-4-7-12-18(5-2)15-11-16-19(6-3)17-20-13-9-8-10-14-20/h5-16H,3-4,17H2,1-2H3/b12-7-,15-11+,18-5+,19-16+. The van der Waals surface area contributed by atoms with Crippen LogP contribution in [0.3, 0.4) is 0 Å². The highest BCUT2D eigenvalue weighted by Gasteiger charge is 1.93. The summed E-state index contributed by atoms with van der Waals surface area (Å²) in [4.78, 5) is 0. The summed E-state index contributed by atoms with van der Waals surface area (Å²) >= 11 is 0. The van der Waals surface area contributed by atoms with E-state index in [0.717, 1.165) is 12.8 Å². The highest BCUT2D eigenvalue weighted by atomic mass is 14.0. The predicted molar refractivity (Wildman–Crippen MR) is 90.8 cm³/mol. The van der Waals surface area contributed by atoms with Gasteiger partial charge in [-0.25, -0.2) is 0 Å². The van der Waals surface area contributed by atoms with Gasteiger partial charge in [-0.3, -0.25) is 0 Å². The van der Waals surface area contributed by atoms with Crippen LogP contribution in [0.2, 0.25) is 0 Å². The van der Waals surface area contributed by atoms with E-state index in [-0.39, 0.29) is 0 Å². The van der Waals surface area contributed by atoms with E-state index in [1.54, 1.807) is 0 Å². The van der Waals surface area contributed by atoms with E-state index >= 15 is 0 Å². The molecule has 0 spiro atoms. The lowest BCUT2D eigenvalue weighted by Crippen LogP contribution is -1.86. The SMILES string of the molecule is C=C\C(=C/C=C/C(/C=C\CC)=C/C)Cc1ccccc1. The van der Waals surface area contributed by atoms with Crippen LogP contribution >= 0.6 is 0 Å². The van der Waals surface area contributed by atoms with Gasteiger partial charge < -0.3 is 0 Å². The van der Waals surface area contributed by atoms with E-state index in [2.05, 4.69) is 81.1 Å². The maximum atomic E-state index is 3.89. The van der Waals surface area contributed by atoms with Gasteiger partial charge >= 0.3 is 0 Å². The van der Waals surface area contributed by atoms with E-state index in [0.29, 0.717) is 0 Å². The Labute approximate surface area is 123 Å². The lowest BCUT2D eigenvalue weighted by Gasteiger charge is -2.01. The molecule has 20 heavy (non-hydrogen) atoms. The Morgan fingerprint density at radius 2 is 1.90 bits per heavy atom. The van der Waals surface area contributed by atoms with Gasteiger partial charge in [-0.1, -0.05) is 86.4 Å². The zero-order chi connectivity index (χ0) is 14.6. The normalized spacial score (nSPS) is 13.3. The number of rotatable bonds is 7. The second kappa shape index (κ2) is 9.80. The van der Waals surface area contributed by atoms with Crippen LogP contribution in [0, 0.1) is 0 Å². The first-order valence-corrected chi connectivity index (χ1v) is 7.16. The average Bonchev–Trinajstić information content (AvgIpc) is 2.50. The molecule has 104 valence electrons. The van der Waals surface area contributed by atoms with Crippen molar-refractivity contribution in [3.63, 3.8) is 0 Å². The van der Waals surface area contributed by atoms with Gasteiger partial charge in [-0.15, -0.1) is 0 Å². The van der Waals surface area contributed by atoms with Gasteiger partial charge in [-0.05, 0) is 36.5 Å². The molecule has 0 aliphatic rings. The first-order valence-electron chi connectivity index (χ1n) is 7.16. The molecule has 0 aliphatic heterocycles. The van der Waals surface area contributed by atoms with Crippen molar-refractivity contribution in [2.45, 2.75) is 26.7 Å². The third-order valence-electron chi connectivity index (χ3n) is 2.99. The zero-order valence-corrected chi connectivity index (χ0v) is 12.5. The summed E-state index contributed by atoms with van der Waals surface area (Å²) in [6.07, 6.45) is 16.7. The Kier molecular flexibility index (Phi) is 7.83. The van der Waals surface area contributed by atoms with Gasteiger partial charge in [0.25, 0.3) is 0 Å². The third-order valence-corrected chi connectivity index (χ3v) is 2.99. The molecular formula is C20H24. The Bertz CT molecular complexity index is 510. The van der Waals surface area contributed by atoms with Crippen LogP contribution in [0.4, 0.5) is 0 Å². The molecule has 0 aliphatic carbocycles. The molecule has 0 N–H and O–H groups in total. The highest BCUT2D eigenvalue weighted by molar-refractivity contribution is 5.35. The molecule has 1 aromatic rings. The molecule has 0 aromatic heterocycles. The second-order valence-corrected chi connectivity index (χ2v) is 4.57. The van der Waals surface area contributed by atoms with E-state index in [1.165, 1.54) is 16.7 Å². The number of hydrogen-bond acceptors (Lipinski definition) is 0. The van der Waals surface area contributed by atoms with E-state index in [4.69, 9.17) is 0 Å². The van der Waals surface area contributed by atoms with Gasteiger partial charge in [0.05, 0.1) is 0 Å². The van der Waals surface area contributed by atoms with Crippen molar-refractivity contribution in [2.75, 3.05) is 0 Å². The van der Waals surface area contributed by atoms with E-state index < -0.39 is 0 Å². The molecule has 0 saturated heterocycles. The summed E-state index contributed by atoms with van der Waals surface area (Å²) in [6, 6.07) is 10.5. The molecular weight excluding hydrogens is 240 g/mol. The summed E-state index contributed by atoms with van der Waals surface area (Å²) in [5, 5.41) is 0. The molecule has 0 saturated carbocycles. The summed E-state index contributed by atoms with van der Waals surface area (Å²) in [6.45, 7) is 8.09. The van der Waals surface area contributed by atoms with Crippen LogP contribution in [0.5, 0.6) is 0 Å². The summed E-state index contributed by atoms with van der Waals surface area (Å²) < 4.78 is 0. The van der Waals surface area contributed by atoms with Crippen molar-refractivity contribution in [1.29, 1.82) is 0 Å². The molecule has 0 amide bonds. The molecule has 0 unspecified atom stereocenters. The van der Waals surface area contributed by atoms with Crippen molar-refractivity contribution < 1.29 is 0 Å². The largest absolute Gasteiger partial charge is 0.0988 e. The van der Waals surface area contributed by atoms with Gasteiger partial charge in [0, 0.05) is 0 Å². The predicted octanol–water partition coefficient (Wildman–Crippen LogP) is 5.81. The fourth-order valence-corrected chi connectivity index (χ4v) is 1.82. The maximum absolute atomic E-state index is 3.89. The fourth-order valence-electron chi connectivity index (χ4n) is 1.82. The summed E-state index contributed by atoms with van der Waals surface area (Å²) in [7, 11) is 0. The first-order chi connectivity index (χ1) is 9.80. The molecule has 0 nitrogen and oxygen atoms in total. The smallest absolute Gasteiger partial charge is 0.00260 e. The van der Waals surface area contributed by atoms with Crippen molar-refractivity contribution in [3.8, 4) is 0 Å². The maximum Gasteiger partial charge on any atom is -0.00260 e. The van der Waals surface area contributed by atoms with Gasteiger partial charge in [0.15, 0.2) is 0 Å². The van der Waals surface area contributed by atoms with E-state index in [1.807, 2.05) is 12.1 Å². The van der Waals surface area contributed by atoms with Crippen LogP contribution in [0.1, 0.15) is 25.8 Å². The van der Waals surface area contributed by atoms with Crippen molar-refractivity contribution in [3.05, 3.63) is 96.2 Å². The Balaban J connectivity index is 2.70. The Morgan fingerprint density at radius 3 is 2.50 bits per heavy atom. The molecule has 0 heteroatoms. The molecule has 1 aromatic carbocycles. The molecule has 0 fully saturated rings. The molecule has 0 bridgehead atoms. The van der Waals surface area contributed by atoms with Gasteiger partial charge in [0.2, 0.25) is 0 Å². The summed E-state index contributed by atoms with van der Waals surface area (Å²) in [5.41, 5.74) is 3.76. The van der Waals surface area contributed by atoms with Gasteiger partial charge in [-0.2, -0.15) is 0 Å². The van der Waals surface area contributed by atoms with Crippen LogP contribution < -0.4 is 0 Å². The first kappa shape index (κ1) is 16.0. The Hall–Kier alpha value is -2.08. The molecule has 0 heterocycles. The van der Waals surface area contributed by atoms with Crippen LogP contribution in [0.25, 0.3) is 0 Å². The van der Waals surface area contributed by atoms with Crippen molar-refractivity contribution >= 4 is 0 Å². The molecule has 1 rings (SSSR count). The van der Waals surface area contributed by atoms with Crippen LogP contribution in [0.15, 0.2) is 90.6 Å². The zero-order valence-electron chi connectivity index (χ0n) is 12.5. The minimum absolute atomic E-state index is 0.921. The minimum Gasteiger partial charge on any atom is -0.0988 e. The van der Waals surface area contributed by atoms with E-state index in [9.17, 15) is 0 Å². The third kappa shape index (κ3) is 6.19. The molecule has 0 atom stereocenters. The lowest BCUT2D eigenvalue weighted by atomic mass is 10.0. The fraction of sp³-hybridized carbons (Fsp3) is 0.200. The number of benzene rings is 1. The topological polar surface area (TPSA) is 0 Å². The average molecular weight is 264 g/mol. The van der Waals surface area contributed by atoms with Crippen LogP contribution in [-0.2, 0) is 6.42 Å². The monoisotopic (exact) mass is 264 g/mol. The second-order valence-electron chi connectivity index (χ2n) is 4.57. The lowest BCUT2D eigenvalue weighted by molar-refractivity contribution is 1.20. The number of allylic oxidation sites excluding steroid dienone is 9. The van der Waals surface area contributed by atoms with Crippen molar-refractivity contribution in [2.24, 2.45) is 0 Å². The van der Waals surface area contributed by atoms with Crippen molar-refractivity contribution in [1.82, 2.24) is 0 Å². The summed E-state index contributed by atoms with van der Waals surface area (Å²) in [5.74, 6) is 0. The quantitative estimate of drug-likeness (QED) is 0.545. The molecule has 0 radical (unpaired) electrons.